The SMILES string of the molecule is CCS(=O)(=O)c1cc(S(=O)(=O)NC(=O)c2ccc(N3CCN(CC4=C(c5ccc(Cl)cc5)CCCC4)CC3)cc2)ccc1O[C@H](CCN(C)C)CSc1ccccc1. The Morgan fingerprint density at radius 2 is 1.57 bits per heavy atom. The topological polar surface area (TPSA) is 116 Å². The largest absolute Gasteiger partial charge is 0.488 e. The molecular weight excluding hydrogens is 812 g/mol. The van der Waals surface area contributed by atoms with Gasteiger partial charge in [0.25, 0.3) is 15.9 Å². The monoisotopic (exact) mass is 864 g/mol. The Labute approximate surface area is 353 Å². The summed E-state index contributed by atoms with van der Waals surface area (Å²) < 4.78 is 62.2. The van der Waals surface area contributed by atoms with Gasteiger partial charge in [-0.1, -0.05) is 54.4 Å². The fourth-order valence-electron chi connectivity index (χ4n) is 7.25. The normalized spacial score (nSPS) is 16.1. The number of anilines is 1. The Kier molecular flexibility index (Phi) is 15.0. The van der Waals surface area contributed by atoms with Crippen molar-refractivity contribution in [3.63, 3.8) is 0 Å². The zero-order valence-electron chi connectivity index (χ0n) is 33.4. The van der Waals surface area contributed by atoms with Gasteiger partial charge in [-0.25, -0.2) is 21.6 Å². The molecule has 0 unspecified atom stereocenters. The van der Waals surface area contributed by atoms with E-state index in [2.05, 4.69) is 26.7 Å². The van der Waals surface area contributed by atoms with Crippen LogP contribution < -0.4 is 14.4 Å². The Morgan fingerprint density at radius 3 is 2.24 bits per heavy atom. The van der Waals surface area contributed by atoms with Crippen molar-refractivity contribution >= 4 is 60.4 Å². The Bertz CT molecular complexity index is 2260. The van der Waals surface area contributed by atoms with Gasteiger partial charge in [0, 0.05) is 66.2 Å². The molecule has 310 valence electrons. The molecular formula is C44H53ClN4O6S3. The van der Waals surface area contributed by atoms with Gasteiger partial charge in [0.05, 0.1) is 10.6 Å². The summed E-state index contributed by atoms with van der Waals surface area (Å²) in [5, 5.41) is 0.749. The summed E-state index contributed by atoms with van der Waals surface area (Å²) in [4.78, 5) is 20.6. The maximum Gasteiger partial charge on any atom is 0.264 e. The molecule has 58 heavy (non-hydrogen) atoms. The third kappa shape index (κ3) is 11.7. The summed E-state index contributed by atoms with van der Waals surface area (Å²) in [7, 11) is -4.45. The second kappa shape index (κ2) is 19.9. The minimum Gasteiger partial charge on any atom is -0.488 e. The molecule has 14 heteroatoms. The number of carbonyl (C=O) groups excluding carboxylic acids is 1. The predicted molar refractivity (Wildman–Crippen MR) is 236 cm³/mol. The van der Waals surface area contributed by atoms with E-state index in [1.54, 1.807) is 23.9 Å². The van der Waals surface area contributed by atoms with Gasteiger partial charge >= 0.3 is 0 Å². The van der Waals surface area contributed by atoms with Gasteiger partial charge in [0.1, 0.15) is 16.7 Å². The first-order chi connectivity index (χ1) is 27.8. The molecule has 1 N–H and O–H groups in total. The molecule has 1 amide bonds. The second-order valence-electron chi connectivity index (χ2n) is 15.0. The number of thioether (sulfide) groups is 1. The van der Waals surface area contributed by atoms with E-state index in [1.807, 2.05) is 73.6 Å². The van der Waals surface area contributed by atoms with Crippen LogP contribution in [0.25, 0.3) is 5.57 Å². The number of sulfone groups is 1. The van der Waals surface area contributed by atoms with E-state index < -0.39 is 25.8 Å². The second-order valence-corrected chi connectivity index (χ2v) is 20.5. The van der Waals surface area contributed by atoms with Gasteiger partial charge in [0.2, 0.25) is 0 Å². The minimum absolute atomic E-state index is 0.0785. The van der Waals surface area contributed by atoms with Crippen LogP contribution in [0.5, 0.6) is 5.75 Å². The summed E-state index contributed by atoms with van der Waals surface area (Å²) in [6, 6.07) is 28.7. The molecule has 1 fully saturated rings. The molecule has 1 aliphatic carbocycles. The van der Waals surface area contributed by atoms with Gasteiger partial charge < -0.3 is 14.5 Å². The highest BCUT2D eigenvalue weighted by Gasteiger charge is 2.27. The number of nitrogens with one attached hydrogen (secondary N) is 1. The number of nitrogens with zero attached hydrogens (tertiary/aromatic N) is 3. The number of carbonyl (C=O) groups is 1. The minimum atomic E-state index is -4.44. The molecule has 0 saturated carbocycles. The summed E-state index contributed by atoms with van der Waals surface area (Å²) in [5.74, 6) is -0.435. The summed E-state index contributed by atoms with van der Waals surface area (Å²) in [6.45, 7) is 6.61. The fourth-order valence-corrected chi connectivity index (χ4v) is 10.5. The third-order valence-electron chi connectivity index (χ3n) is 10.6. The lowest BCUT2D eigenvalue weighted by Crippen LogP contribution is -2.47. The molecule has 1 heterocycles. The molecule has 10 nitrogen and oxygen atoms in total. The van der Waals surface area contributed by atoms with Crippen LogP contribution in [0.1, 0.15) is 54.9 Å². The quantitative estimate of drug-likeness (QED) is 0.105. The molecule has 0 radical (unpaired) electrons. The molecule has 0 aromatic heterocycles. The number of ether oxygens (including phenoxy) is 1. The average molecular weight is 866 g/mol. The average Bonchev–Trinajstić information content (AvgIpc) is 3.23. The van der Waals surface area contributed by atoms with Crippen LogP contribution in [0.3, 0.4) is 0 Å². The Morgan fingerprint density at radius 1 is 0.879 bits per heavy atom. The summed E-state index contributed by atoms with van der Waals surface area (Å²) >= 11 is 7.75. The van der Waals surface area contributed by atoms with Gasteiger partial charge in [-0.15, -0.1) is 11.8 Å². The van der Waals surface area contributed by atoms with E-state index in [1.165, 1.54) is 48.6 Å². The molecule has 0 spiro atoms. The maximum atomic E-state index is 13.6. The first-order valence-corrected chi connectivity index (χ1v) is 24.3. The molecule has 1 atom stereocenters. The zero-order chi connectivity index (χ0) is 41.3. The van der Waals surface area contributed by atoms with Crippen LogP contribution >= 0.6 is 23.4 Å². The van der Waals surface area contributed by atoms with Gasteiger partial charge in [-0.2, -0.15) is 0 Å². The maximum absolute atomic E-state index is 13.6. The number of sulfonamides is 1. The summed E-state index contributed by atoms with van der Waals surface area (Å²) in [5.41, 5.74) is 5.35. The van der Waals surface area contributed by atoms with Crippen molar-refractivity contribution in [1.29, 1.82) is 0 Å². The molecule has 0 bridgehead atoms. The smallest absolute Gasteiger partial charge is 0.264 e. The first-order valence-electron chi connectivity index (χ1n) is 19.8. The van der Waals surface area contributed by atoms with Crippen LogP contribution in [0.4, 0.5) is 5.69 Å². The van der Waals surface area contributed by atoms with Gasteiger partial charge in [0.15, 0.2) is 9.84 Å². The van der Waals surface area contributed by atoms with Crippen LogP contribution in [-0.4, -0.2) is 104 Å². The number of hydrogen-bond donors (Lipinski definition) is 1. The third-order valence-corrected chi connectivity index (χ3v) is 15.1. The highest BCUT2D eigenvalue weighted by Crippen LogP contribution is 2.34. The number of amides is 1. The molecule has 6 rings (SSSR count). The van der Waals surface area contributed by atoms with Crippen LogP contribution in [0.15, 0.2) is 117 Å². The first kappa shape index (κ1) is 43.7. The molecule has 4 aromatic carbocycles. The fraction of sp³-hybridized carbons (Fsp3) is 0.386. The van der Waals surface area contributed by atoms with Gasteiger partial charge in [-0.05, 0) is 124 Å². The van der Waals surface area contributed by atoms with Crippen molar-refractivity contribution in [1.82, 2.24) is 14.5 Å². The molecule has 1 saturated heterocycles. The van der Waals surface area contributed by atoms with E-state index in [-0.39, 0.29) is 33.0 Å². The Balaban J connectivity index is 1.09. The number of rotatable bonds is 17. The van der Waals surface area contributed by atoms with Gasteiger partial charge in [-0.3, -0.25) is 9.69 Å². The lowest BCUT2D eigenvalue weighted by molar-refractivity contribution is 0.0981. The molecule has 2 aliphatic rings. The predicted octanol–water partition coefficient (Wildman–Crippen LogP) is 7.89. The van der Waals surface area contributed by atoms with Crippen molar-refractivity contribution in [2.45, 2.75) is 59.8 Å². The number of benzene rings is 4. The Hall–Kier alpha value is -3.85. The summed E-state index contributed by atoms with van der Waals surface area (Å²) in [6.07, 6.45) is 4.88. The number of hydrogen-bond acceptors (Lipinski definition) is 10. The van der Waals surface area contributed by atoms with E-state index in [4.69, 9.17) is 16.3 Å². The number of piperazine rings is 1. The molecule has 1 aliphatic heterocycles. The van der Waals surface area contributed by atoms with Crippen molar-refractivity contribution in [2.75, 3.05) is 69.8 Å². The highest BCUT2D eigenvalue weighted by molar-refractivity contribution is 7.99. The van der Waals surface area contributed by atoms with E-state index >= 15 is 0 Å². The number of halogens is 1. The van der Waals surface area contributed by atoms with Crippen molar-refractivity contribution in [3.8, 4) is 5.75 Å². The lowest BCUT2D eigenvalue weighted by atomic mass is 9.87. The van der Waals surface area contributed by atoms with E-state index in [0.717, 1.165) is 67.2 Å². The van der Waals surface area contributed by atoms with Crippen LogP contribution in [0, 0.1) is 0 Å². The van der Waals surface area contributed by atoms with E-state index in [9.17, 15) is 21.6 Å². The molecule has 4 aromatic rings. The zero-order valence-corrected chi connectivity index (χ0v) is 36.6. The number of allylic oxidation sites excluding steroid dienone is 1. The van der Waals surface area contributed by atoms with Crippen molar-refractivity contribution in [2.24, 2.45) is 0 Å². The van der Waals surface area contributed by atoms with Crippen molar-refractivity contribution < 1.29 is 26.4 Å². The highest BCUT2D eigenvalue weighted by atomic mass is 35.5. The lowest BCUT2D eigenvalue weighted by Gasteiger charge is -2.37. The van der Waals surface area contributed by atoms with Crippen LogP contribution in [-0.2, 0) is 19.9 Å². The standard InChI is InChI=1S/C44H53ClN4O6S3/c1-4-57(51,52)43-30-40(22-23-42(43)55-38(24-25-47(2)3)32-56-39-11-6-5-7-12-39)58(53,54)46-44(50)34-16-20-37(21-17-34)49-28-26-48(27-29-49)31-35-10-8-9-13-41(35)33-14-18-36(45)19-15-33/h5-7,11-12,14-23,30,38H,4,8-10,13,24-29,31-32H2,1-3H3,(H,46,50)/t38-/m1/s1. The van der Waals surface area contributed by atoms with Crippen molar-refractivity contribution in [3.05, 3.63) is 119 Å². The van der Waals surface area contributed by atoms with Crippen LogP contribution in [0.2, 0.25) is 5.02 Å². The van der Waals surface area contributed by atoms with E-state index in [0.29, 0.717) is 18.7 Å².